The zero-order valence-corrected chi connectivity index (χ0v) is 15.4. The Morgan fingerprint density at radius 3 is 2.87 bits per heavy atom. The average molecular weight is 318 g/mol. The van der Waals surface area contributed by atoms with Gasteiger partial charge in [0, 0.05) is 12.5 Å². The highest BCUT2D eigenvalue weighted by molar-refractivity contribution is 5.54. The van der Waals surface area contributed by atoms with Crippen LogP contribution in [0.2, 0.25) is 0 Å². The van der Waals surface area contributed by atoms with E-state index in [2.05, 4.69) is 62.8 Å². The van der Waals surface area contributed by atoms with Crippen LogP contribution in [0.5, 0.6) is 0 Å². The molecular weight excluding hydrogens is 282 g/mol. The minimum atomic E-state index is -0.0486. The molecule has 0 radical (unpaired) electrons. The van der Waals surface area contributed by atoms with Crippen molar-refractivity contribution >= 4 is 6.34 Å². The normalized spacial score (nSPS) is 21.8. The van der Waals surface area contributed by atoms with Gasteiger partial charge >= 0.3 is 0 Å². The molecule has 0 bridgehead atoms. The molecule has 0 aromatic heterocycles. The van der Waals surface area contributed by atoms with Gasteiger partial charge in [-0.2, -0.15) is 0 Å². The molecule has 0 amide bonds. The molecule has 0 fully saturated rings. The Hall–Kier alpha value is -1.35. The predicted molar refractivity (Wildman–Crippen MR) is 102 cm³/mol. The van der Waals surface area contributed by atoms with Crippen LogP contribution in [0.3, 0.4) is 0 Å². The van der Waals surface area contributed by atoms with E-state index in [9.17, 15) is 0 Å². The van der Waals surface area contributed by atoms with E-state index in [1.165, 1.54) is 11.1 Å². The molecule has 0 spiro atoms. The molecule has 4 atom stereocenters. The molecule has 0 saturated carbocycles. The van der Waals surface area contributed by atoms with Gasteiger partial charge in [-0.1, -0.05) is 56.7 Å². The van der Waals surface area contributed by atoms with Crippen LogP contribution in [0.4, 0.5) is 0 Å². The van der Waals surface area contributed by atoms with Gasteiger partial charge in [0.15, 0.2) is 0 Å². The van der Waals surface area contributed by atoms with E-state index in [-0.39, 0.29) is 6.17 Å². The summed E-state index contributed by atoms with van der Waals surface area (Å²) in [7, 11) is 0. The van der Waals surface area contributed by atoms with Crippen molar-refractivity contribution in [2.24, 2.45) is 28.5 Å². The summed E-state index contributed by atoms with van der Waals surface area (Å²) in [5.74, 6) is 1.53. The molecule has 0 aromatic carbocycles. The van der Waals surface area contributed by atoms with Gasteiger partial charge < -0.3 is 11.1 Å². The molecule has 1 aliphatic carbocycles. The smallest absolute Gasteiger partial charge is 0.0836 e. The Labute approximate surface area is 142 Å². The van der Waals surface area contributed by atoms with Crippen LogP contribution >= 0.6 is 0 Å². The average Bonchev–Trinajstić information content (AvgIpc) is 2.56. The number of hydrogen-bond donors (Lipinski definition) is 2. The molecule has 0 saturated heterocycles. The SMILES string of the molecule is C=C(CCC(C)C(N)NC=NCC1C=CC(C)=CC1)C(C)CC. The van der Waals surface area contributed by atoms with Crippen LogP contribution in [0, 0.1) is 17.8 Å². The molecule has 23 heavy (non-hydrogen) atoms. The lowest BCUT2D eigenvalue weighted by Gasteiger charge is -2.21. The fraction of sp³-hybridized carbons (Fsp3) is 0.650. The molecule has 1 rings (SSSR count). The quantitative estimate of drug-likeness (QED) is 0.271. The minimum Gasteiger partial charge on any atom is -0.361 e. The zero-order chi connectivity index (χ0) is 17.2. The van der Waals surface area contributed by atoms with Crippen molar-refractivity contribution in [1.29, 1.82) is 0 Å². The number of nitrogens with one attached hydrogen (secondary N) is 1. The minimum absolute atomic E-state index is 0.0486. The molecule has 130 valence electrons. The van der Waals surface area contributed by atoms with Crippen LogP contribution in [0.15, 0.2) is 40.9 Å². The van der Waals surface area contributed by atoms with Crippen LogP contribution in [0.25, 0.3) is 0 Å². The summed E-state index contributed by atoms with van der Waals surface area (Å²) < 4.78 is 0. The topological polar surface area (TPSA) is 50.4 Å². The number of hydrogen-bond acceptors (Lipinski definition) is 2. The number of rotatable bonds is 10. The van der Waals surface area contributed by atoms with Crippen molar-refractivity contribution in [1.82, 2.24) is 5.32 Å². The predicted octanol–water partition coefficient (Wildman–Crippen LogP) is 4.43. The van der Waals surface area contributed by atoms with Crippen LogP contribution in [-0.2, 0) is 0 Å². The molecular formula is C20H35N3. The lowest BCUT2D eigenvalue weighted by atomic mass is 9.92. The van der Waals surface area contributed by atoms with Gasteiger partial charge in [0.1, 0.15) is 0 Å². The van der Waals surface area contributed by atoms with Crippen LogP contribution < -0.4 is 11.1 Å². The summed E-state index contributed by atoms with van der Waals surface area (Å²) in [4.78, 5) is 4.46. The fourth-order valence-electron chi connectivity index (χ4n) is 2.53. The first-order valence-electron chi connectivity index (χ1n) is 8.96. The van der Waals surface area contributed by atoms with Crippen molar-refractivity contribution in [3.63, 3.8) is 0 Å². The number of aliphatic imine (C=N–C) groups is 1. The standard InChI is InChI=1S/C20H35N3/c1-6-16(3)17(4)9-10-18(5)20(21)23-14-22-13-19-11-7-15(2)8-12-19/h7-8,11,14,16,18-20H,4,6,9-10,12-13,21H2,1-3,5H3,(H,22,23). The van der Waals surface area contributed by atoms with Crippen molar-refractivity contribution in [3.8, 4) is 0 Å². The first-order valence-corrected chi connectivity index (χ1v) is 8.96. The molecule has 3 heteroatoms. The highest BCUT2D eigenvalue weighted by Gasteiger charge is 2.13. The summed E-state index contributed by atoms with van der Waals surface area (Å²) in [5, 5.41) is 3.21. The maximum absolute atomic E-state index is 6.19. The molecule has 3 N–H and O–H groups in total. The number of allylic oxidation sites excluding steroid dienone is 4. The highest BCUT2D eigenvalue weighted by atomic mass is 15.1. The van der Waals surface area contributed by atoms with Crippen LogP contribution in [0.1, 0.15) is 53.4 Å². The van der Waals surface area contributed by atoms with Gasteiger partial charge in [-0.3, -0.25) is 4.99 Å². The number of nitrogens with two attached hydrogens (primary N) is 1. The lowest BCUT2D eigenvalue weighted by molar-refractivity contribution is 0.402. The summed E-state index contributed by atoms with van der Waals surface area (Å²) in [5.41, 5.74) is 8.88. The number of nitrogens with zero attached hydrogens (tertiary/aromatic N) is 1. The second kappa shape index (κ2) is 10.4. The fourth-order valence-corrected chi connectivity index (χ4v) is 2.53. The third kappa shape index (κ3) is 7.65. The molecule has 0 heterocycles. The first kappa shape index (κ1) is 19.7. The summed E-state index contributed by atoms with van der Waals surface area (Å²) >= 11 is 0. The van der Waals surface area contributed by atoms with Crippen molar-refractivity contribution in [2.45, 2.75) is 59.5 Å². The van der Waals surface area contributed by atoms with Gasteiger partial charge in [-0.15, -0.1) is 0 Å². The lowest BCUT2D eigenvalue weighted by Crippen LogP contribution is -2.42. The Morgan fingerprint density at radius 1 is 1.52 bits per heavy atom. The second-order valence-corrected chi connectivity index (χ2v) is 6.97. The Balaban J connectivity index is 2.22. The van der Waals surface area contributed by atoms with Gasteiger partial charge in [0.25, 0.3) is 0 Å². The maximum atomic E-state index is 6.19. The second-order valence-electron chi connectivity index (χ2n) is 6.97. The largest absolute Gasteiger partial charge is 0.361 e. The highest BCUT2D eigenvalue weighted by Crippen LogP contribution is 2.20. The van der Waals surface area contributed by atoms with Crippen LogP contribution in [-0.4, -0.2) is 19.0 Å². The third-order valence-electron chi connectivity index (χ3n) is 4.92. The van der Waals surface area contributed by atoms with Gasteiger partial charge in [-0.05, 0) is 44.4 Å². The Morgan fingerprint density at radius 2 is 2.26 bits per heavy atom. The third-order valence-corrected chi connectivity index (χ3v) is 4.92. The van der Waals surface area contributed by atoms with Crippen molar-refractivity contribution in [3.05, 3.63) is 36.0 Å². The van der Waals surface area contributed by atoms with E-state index < -0.39 is 0 Å². The van der Waals surface area contributed by atoms with E-state index in [0.717, 1.165) is 32.2 Å². The van der Waals surface area contributed by atoms with Gasteiger partial charge in [-0.25, -0.2) is 0 Å². The summed E-state index contributed by atoms with van der Waals surface area (Å²) in [6, 6.07) is 0. The van der Waals surface area contributed by atoms with Gasteiger partial charge in [0.2, 0.25) is 0 Å². The monoisotopic (exact) mass is 317 g/mol. The Bertz CT molecular complexity index is 448. The molecule has 3 nitrogen and oxygen atoms in total. The molecule has 0 aliphatic heterocycles. The van der Waals surface area contributed by atoms with E-state index in [1.54, 1.807) is 6.34 Å². The zero-order valence-electron chi connectivity index (χ0n) is 15.4. The Kier molecular flexibility index (Phi) is 8.93. The summed E-state index contributed by atoms with van der Waals surface area (Å²) in [6.07, 6.45) is 12.8. The van der Waals surface area contributed by atoms with E-state index in [0.29, 0.717) is 17.8 Å². The molecule has 4 unspecified atom stereocenters. The van der Waals surface area contributed by atoms with Crippen molar-refractivity contribution in [2.75, 3.05) is 6.54 Å². The van der Waals surface area contributed by atoms with Gasteiger partial charge in [0.05, 0.1) is 12.5 Å². The maximum Gasteiger partial charge on any atom is 0.0836 e. The van der Waals surface area contributed by atoms with Crippen molar-refractivity contribution < 1.29 is 0 Å². The van der Waals surface area contributed by atoms with E-state index in [4.69, 9.17) is 5.73 Å². The van der Waals surface area contributed by atoms with E-state index in [1.807, 2.05) is 0 Å². The summed E-state index contributed by atoms with van der Waals surface area (Å²) in [6.45, 7) is 13.8. The molecule has 0 aromatic rings. The molecule has 1 aliphatic rings. The first-order chi connectivity index (χ1) is 10.9. The van der Waals surface area contributed by atoms with E-state index >= 15 is 0 Å².